The lowest BCUT2D eigenvalue weighted by Gasteiger charge is -2.03. The van der Waals surface area contributed by atoms with Crippen LogP contribution in [-0.2, 0) is 9.53 Å². The molecule has 2 atom stereocenters. The quantitative estimate of drug-likeness (QED) is 0.774. The molecule has 1 saturated carbocycles. The average molecular weight is 273 g/mol. The van der Waals surface area contributed by atoms with E-state index in [0.29, 0.717) is 0 Å². The van der Waals surface area contributed by atoms with Gasteiger partial charge in [-0.1, -0.05) is 22.0 Å². The minimum Gasteiger partial charge on any atom is -0.469 e. The fourth-order valence-electron chi connectivity index (χ4n) is 1.75. The van der Waals surface area contributed by atoms with Crippen molar-refractivity contribution in [3.63, 3.8) is 0 Å². The van der Waals surface area contributed by atoms with E-state index >= 15 is 0 Å². The van der Waals surface area contributed by atoms with Gasteiger partial charge in [0.2, 0.25) is 0 Å². The number of ether oxygens (including phenoxy) is 1. The summed E-state index contributed by atoms with van der Waals surface area (Å²) in [4.78, 5) is 11.2. The van der Waals surface area contributed by atoms with Crippen molar-refractivity contribution in [3.05, 3.63) is 34.1 Å². The maximum atomic E-state index is 12.8. The van der Waals surface area contributed by atoms with E-state index in [1.165, 1.54) is 19.2 Å². The molecule has 1 aromatic rings. The molecule has 0 bridgehead atoms. The van der Waals surface area contributed by atoms with Crippen LogP contribution in [-0.4, -0.2) is 13.1 Å². The van der Waals surface area contributed by atoms with Crippen molar-refractivity contribution in [2.75, 3.05) is 7.11 Å². The van der Waals surface area contributed by atoms with E-state index in [2.05, 4.69) is 20.7 Å². The largest absolute Gasteiger partial charge is 0.469 e. The number of esters is 1. The van der Waals surface area contributed by atoms with E-state index in [1.54, 1.807) is 6.07 Å². The van der Waals surface area contributed by atoms with Crippen molar-refractivity contribution in [1.82, 2.24) is 0 Å². The van der Waals surface area contributed by atoms with E-state index in [9.17, 15) is 9.18 Å². The number of rotatable bonds is 2. The van der Waals surface area contributed by atoms with Crippen LogP contribution in [0.4, 0.5) is 4.39 Å². The first-order valence-corrected chi connectivity index (χ1v) is 5.45. The van der Waals surface area contributed by atoms with Gasteiger partial charge >= 0.3 is 5.97 Å². The maximum absolute atomic E-state index is 12.8. The first kappa shape index (κ1) is 10.6. The normalized spacial score (nSPS) is 23.7. The van der Waals surface area contributed by atoms with E-state index in [-0.39, 0.29) is 23.6 Å². The number of carbonyl (C=O) groups is 1. The van der Waals surface area contributed by atoms with Gasteiger partial charge in [0.05, 0.1) is 13.0 Å². The molecule has 1 fully saturated rings. The van der Waals surface area contributed by atoms with Crippen LogP contribution in [0.1, 0.15) is 17.9 Å². The van der Waals surface area contributed by atoms with Gasteiger partial charge in [0, 0.05) is 4.47 Å². The van der Waals surface area contributed by atoms with Gasteiger partial charge in [0.15, 0.2) is 0 Å². The number of hydrogen-bond acceptors (Lipinski definition) is 2. The second-order valence-corrected chi connectivity index (χ2v) is 4.49. The minimum atomic E-state index is -0.277. The van der Waals surface area contributed by atoms with Crippen molar-refractivity contribution >= 4 is 21.9 Å². The topological polar surface area (TPSA) is 26.3 Å². The summed E-state index contributed by atoms with van der Waals surface area (Å²) in [5.41, 5.74) is 0.979. The summed E-state index contributed by atoms with van der Waals surface area (Å²) in [6.45, 7) is 0. The Balaban J connectivity index is 2.16. The molecule has 1 aromatic carbocycles. The molecule has 0 aromatic heterocycles. The summed E-state index contributed by atoms with van der Waals surface area (Å²) in [5.74, 6) is -0.346. The maximum Gasteiger partial charge on any atom is 0.309 e. The molecule has 4 heteroatoms. The number of carbonyl (C=O) groups excluding carboxylic acids is 1. The van der Waals surface area contributed by atoms with Gasteiger partial charge in [-0.3, -0.25) is 4.79 Å². The Morgan fingerprint density at radius 1 is 1.60 bits per heavy atom. The summed E-state index contributed by atoms with van der Waals surface area (Å²) in [7, 11) is 1.39. The van der Waals surface area contributed by atoms with Gasteiger partial charge in [0.25, 0.3) is 0 Å². The molecule has 15 heavy (non-hydrogen) atoms. The highest BCUT2D eigenvalue weighted by Gasteiger charge is 2.45. The lowest BCUT2D eigenvalue weighted by atomic mass is 10.1. The van der Waals surface area contributed by atoms with Crippen LogP contribution in [0.2, 0.25) is 0 Å². The van der Waals surface area contributed by atoms with Crippen LogP contribution < -0.4 is 0 Å². The van der Waals surface area contributed by atoms with Crippen molar-refractivity contribution in [2.45, 2.75) is 12.3 Å². The number of hydrogen-bond donors (Lipinski definition) is 0. The highest BCUT2D eigenvalue weighted by atomic mass is 79.9. The van der Waals surface area contributed by atoms with Gasteiger partial charge < -0.3 is 4.74 Å². The van der Waals surface area contributed by atoms with Crippen molar-refractivity contribution in [2.24, 2.45) is 5.92 Å². The second kappa shape index (κ2) is 3.93. The van der Waals surface area contributed by atoms with Gasteiger partial charge in [-0.05, 0) is 30.0 Å². The van der Waals surface area contributed by atoms with Gasteiger partial charge in [-0.15, -0.1) is 0 Å². The predicted octanol–water partition coefficient (Wildman–Crippen LogP) is 2.86. The molecule has 0 aliphatic heterocycles. The molecule has 0 spiro atoms. The van der Waals surface area contributed by atoms with Gasteiger partial charge in [0.1, 0.15) is 5.82 Å². The van der Waals surface area contributed by atoms with Gasteiger partial charge in [-0.25, -0.2) is 4.39 Å². The molecule has 0 saturated heterocycles. The molecule has 2 rings (SSSR count). The number of methoxy groups -OCH3 is 1. The summed E-state index contributed by atoms with van der Waals surface area (Å²) in [6.07, 6.45) is 0.789. The molecule has 0 amide bonds. The molecule has 80 valence electrons. The Bertz CT molecular complexity index is 406. The van der Waals surface area contributed by atoms with Crippen LogP contribution in [0.5, 0.6) is 0 Å². The van der Waals surface area contributed by atoms with Crippen LogP contribution in [0, 0.1) is 11.7 Å². The minimum absolute atomic E-state index is 0.0586. The summed E-state index contributed by atoms with van der Waals surface area (Å²) >= 11 is 3.29. The molecular weight excluding hydrogens is 263 g/mol. The zero-order chi connectivity index (χ0) is 11.0. The first-order chi connectivity index (χ1) is 7.13. The SMILES string of the molecule is COC(=O)C1CC1c1ccc(F)cc1Br. The van der Waals surface area contributed by atoms with Crippen LogP contribution in [0.25, 0.3) is 0 Å². The fraction of sp³-hybridized carbons (Fsp3) is 0.364. The average Bonchev–Trinajstić information content (AvgIpc) is 2.96. The van der Waals surface area contributed by atoms with Crippen LogP contribution in [0.3, 0.4) is 0 Å². The second-order valence-electron chi connectivity index (χ2n) is 3.64. The summed E-state index contributed by atoms with van der Waals surface area (Å²) in [6, 6.07) is 4.54. The Labute approximate surface area is 95.6 Å². The van der Waals surface area contributed by atoms with Crippen molar-refractivity contribution in [1.29, 1.82) is 0 Å². The molecule has 1 aliphatic carbocycles. The third-order valence-electron chi connectivity index (χ3n) is 2.66. The smallest absolute Gasteiger partial charge is 0.309 e. The number of halogens is 2. The molecule has 2 nitrogen and oxygen atoms in total. The van der Waals surface area contributed by atoms with Crippen LogP contribution >= 0.6 is 15.9 Å². The number of benzene rings is 1. The zero-order valence-corrected chi connectivity index (χ0v) is 9.75. The lowest BCUT2D eigenvalue weighted by Crippen LogP contribution is -2.04. The third kappa shape index (κ3) is 2.04. The Morgan fingerprint density at radius 2 is 2.33 bits per heavy atom. The highest BCUT2D eigenvalue weighted by molar-refractivity contribution is 9.10. The molecule has 0 heterocycles. The van der Waals surface area contributed by atoms with E-state index in [0.717, 1.165) is 16.5 Å². The molecule has 2 unspecified atom stereocenters. The van der Waals surface area contributed by atoms with E-state index < -0.39 is 0 Å². The molecule has 0 radical (unpaired) electrons. The standard InChI is InChI=1S/C11H10BrFO2/c1-15-11(14)9-5-8(9)7-3-2-6(13)4-10(7)12/h2-4,8-9H,5H2,1H3. The molecule has 1 aliphatic rings. The Morgan fingerprint density at radius 3 is 2.93 bits per heavy atom. The zero-order valence-electron chi connectivity index (χ0n) is 8.17. The van der Waals surface area contributed by atoms with E-state index in [1.807, 2.05) is 0 Å². The van der Waals surface area contributed by atoms with Gasteiger partial charge in [-0.2, -0.15) is 0 Å². The summed E-state index contributed by atoms with van der Waals surface area (Å²) in [5, 5.41) is 0. The first-order valence-electron chi connectivity index (χ1n) is 4.66. The van der Waals surface area contributed by atoms with E-state index in [4.69, 9.17) is 0 Å². The van der Waals surface area contributed by atoms with Crippen molar-refractivity contribution in [3.8, 4) is 0 Å². The molecular formula is C11H10BrFO2. The Kier molecular flexibility index (Phi) is 2.78. The monoisotopic (exact) mass is 272 g/mol. The predicted molar refractivity (Wildman–Crippen MR) is 57.0 cm³/mol. The van der Waals surface area contributed by atoms with Crippen LogP contribution in [0.15, 0.2) is 22.7 Å². The molecule has 0 N–H and O–H groups in total. The fourth-order valence-corrected chi connectivity index (χ4v) is 2.40. The highest BCUT2D eigenvalue weighted by Crippen LogP contribution is 2.50. The third-order valence-corrected chi connectivity index (χ3v) is 3.34. The van der Waals surface area contributed by atoms with Crippen molar-refractivity contribution < 1.29 is 13.9 Å². The summed E-state index contributed by atoms with van der Waals surface area (Å²) < 4.78 is 18.2. The lowest BCUT2D eigenvalue weighted by molar-refractivity contribution is -0.142. The Hall–Kier alpha value is -0.900.